The molecule has 2 aromatic carbocycles. The zero-order valence-electron chi connectivity index (χ0n) is 20.5. The summed E-state index contributed by atoms with van der Waals surface area (Å²) in [5.74, 6) is 0.410. The van der Waals surface area contributed by atoms with E-state index in [0.29, 0.717) is 51.3 Å². The Balaban J connectivity index is 1.38. The molecule has 1 aromatic heterocycles. The molecule has 1 aliphatic heterocycles. The minimum atomic E-state index is -0.510. The third-order valence-electron chi connectivity index (χ3n) is 6.33. The summed E-state index contributed by atoms with van der Waals surface area (Å²) in [5, 5.41) is 21.9. The fourth-order valence-corrected chi connectivity index (χ4v) is 6.31. The molecule has 1 aliphatic carbocycles. The second-order valence-corrected chi connectivity index (χ2v) is 10.8. The van der Waals surface area contributed by atoms with Gasteiger partial charge in [0.25, 0.3) is 0 Å². The number of hydrogen-bond acceptors (Lipinski definition) is 10. The highest BCUT2D eigenvalue weighted by atomic mass is 32.2. The Morgan fingerprint density at radius 3 is 2.68 bits per heavy atom. The van der Waals surface area contributed by atoms with Crippen LogP contribution in [0.1, 0.15) is 30.7 Å². The maximum Gasteiger partial charge on any atom is 0.234 e. The van der Waals surface area contributed by atoms with Crippen LogP contribution < -0.4 is 20.7 Å². The molecular weight excluding hydrogens is 520 g/mol. The van der Waals surface area contributed by atoms with Crippen molar-refractivity contribution in [3.63, 3.8) is 0 Å². The number of carbonyl (C=O) groups is 2. The van der Waals surface area contributed by atoms with Gasteiger partial charge in [-0.05, 0) is 42.7 Å². The average Bonchev–Trinajstić information content (AvgIpc) is 3.41. The van der Waals surface area contributed by atoms with Gasteiger partial charge in [0, 0.05) is 23.4 Å². The first-order valence-electron chi connectivity index (χ1n) is 11.9. The van der Waals surface area contributed by atoms with Gasteiger partial charge in [0.15, 0.2) is 10.1 Å². The number of hydrogen-bond donors (Lipinski definition) is 2. The van der Waals surface area contributed by atoms with Crippen molar-refractivity contribution in [2.45, 2.75) is 29.5 Å². The van der Waals surface area contributed by atoms with E-state index in [4.69, 9.17) is 10.5 Å². The Bertz CT molecular complexity index is 1470. The summed E-state index contributed by atoms with van der Waals surface area (Å²) in [4.78, 5) is 27.3. The van der Waals surface area contributed by atoms with E-state index in [2.05, 4.69) is 21.6 Å². The van der Waals surface area contributed by atoms with Crippen molar-refractivity contribution in [3.05, 3.63) is 82.8 Å². The van der Waals surface area contributed by atoms with Gasteiger partial charge in [0.05, 0.1) is 30.4 Å². The lowest BCUT2D eigenvalue weighted by molar-refractivity contribution is -0.116. The Hall–Kier alpha value is -4.14. The van der Waals surface area contributed by atoms with E-state index in [1.54, 1.807) is 36.3 Å². The smallest absolute Gasteiger partial charge is 0.234 e. The van der Waals surface area contributed by atoms with E-state index in [1.807, 2.05) is 30.3 Å². The molecule has 0 spiro atoms. The molecule has 5 rings (SSSR count). The largest absolute Gasteiger partial charge is 0.497 e. The first-order chi connectivity index (χ1) is 18.5. The van der Waals surface area contributed by atoms with E-state index in [0.717, 1.165) is 11.3 Å². The molecular formula is C27H24N6O3S2. The lowest BCUT2D eigenvalue weighted by Crippen LogP contribution is -2.38. The lowest BCUT2D eigenvalue weighted by Gasteiger charge is -2.38. The molecule has 1 amide bonds. The number of ketones is 1. The molecule has 3 aromatic rings. The summed E-state index contributed by atoms with van der Waals surface area (Å²) >= 11 is 2.52. The summed E-state index contributed by atoms with van der Waals surface area (Å²) in [7, 11) is 1.58. The minimum Gasteiger partial charge on any atom is -0.497 e. The number of benzene rings is 2. The lowest BCUT2D eigenvalue weighted by atomic mass is 9.76. The highest BCUT2D eigenvalue weighted by molar-refractivity contribution is 8.01. The number of Topliss-reactive ketones (excluding diaryl/α,β-unsaturated/α-hetero) is 1. The van der Waals surface area contributed by atoms with E-state index in [1.165, 1.54) is 23.1 Å². The molecule has 9 nitrogen and oxygen atoms in total. The second-order valence-electron chi connectivity index (χ2n) is 8.64. The topological polar surface area (TPSA) is 134 Å². The number of allylic oxidation sites excluding steroid dienone is 3. The molecule has 0 fully saturated rings. The molecule has 2 heterocycles. The summed E-state index contributed by atoms with van der Waals surface area (Å²) in [6, 6.07) is 18.8. The minimum absolute atomic E-state index is 0.0136. The number of anilines is 2. The van der Waals surface area contributed by atoms with Crippen molar-refractivity contribution in [1.82, 2.24) is 10.2 Å². The van der Waals surface area contributed by atoms with Gasteiger partial charge in [-0.1, -0.05) is 53.4 Å². The molecule has 192 valence electrons. The van der Waals surface area contributed by atoms with Crippen LogP contribution in [-0.4, -0.2) is 34.8 Å². The van der Waals surface area contributed by atoms with Crippen molar-refractivity contribution in [2.24, 2.45) is 5.73 Å². The van der Waals surface area contributed by atoms with Crippen LogP contribution in [0.4, 0.5) is 10.8 Å². The number of methoxy groups -OCH3 is 1. The number of carbonyl (C=O) groups excluding carboxylic acids is 2. The van der Waals surface area contributed by atoms with Crippen LogP contribution >= 0.6 is 23.1 Å². The predicted octanol–water partition coefficient (Wildman–Crippen LogP) is 4.58. The molecule has 1 unspecified atom stereocenters. The number of ether oxygens (including phenoxy) is 1. The molecule has 2 aliphatic rings. The van der Waals surface area contributed by atoms with Gasteiger partial charge in [-0.15, -0.1) is 10.2 Å². The van der Waals surface area contributed by atoms with Crippen LogP contribution in [0.25, 0.3) is 0 Å². The average molecular weight is 545 g/mol. The van der Waals surface area contributed by atoms with Crippen LogP contribution in [0.2, 0.25) is 0 Å². The van der Waals surface area contributed by atoms with Crippen molar-refractivity contribution in [2.75, 3.05) is 23.1 Å². The highest BCUT2D eigenvalue weighted by Gasteiger charge is 2.41. The van der Waals surface area contributed by atoms with Gasteiger partial charge in [0.2, 0.25) is 11.0 Å². The summed E-state index contributed by atoms with van der Waals surface area (Å²) in [6.45, 7) is 0. The van der Waals surface area contributed by atoms with E-state index >= 15 is 0 Å². The number of nitriles is 1. The SMILES string of the molecule is COc1ccc(NC(=O)CSc2nnc(N3C(N)=C(C#N)C(c4ccccc4)C4=C3CCCC4=O)s2)cc1. The third-order valence-corrected chi connectivity index (χ3v) is 8.38. The Labute approximate surface area is 228 Å². The van der Waals surface area contributed by atoms with Crippen LogP contribution in [0.3, 0.4) is 0 Å². The Morgan fingerprint density at radius 2 is 1.97 bits per heavy atom. The van der Waals surface area contributed by atoms with Crippen LogP contribution in [0, 0.1) is 11.3 Å². The molecule has 0 radical (unpaired) electrons. The quantitative estimate of drug-likeness (QED) is 0.410. The molecule has 38 heavy (non-hydrogen) atoms. The van der Waals surface area contributed by atoms with E-state index < -0.39 is 5.92 Å². The molecule has 0 saturated heterocycles. The van der Waals surface area contributed by atoms with Crippen LogP contribution in [-0.2, 0) is 9.59 Å². The van der Waals surface area contributed by atoms with Gasteiger partial charge >= 0.3 is 0 Å². The molecule has 11 heteroatoms. The number of nitrogens with two attached hydrogens (primary N) is 1. The fourth-order valence-electron chi connectivity index (χ4n) is 4.63. The maximum absolute atomic E-state index is 13.2. The summed E-state index contributed by atoms with van der Waals surface area (Å²) in [6.07, 6.45) is 1.75. The zero-order chi connectivity index (χ0) is 26.6. The van der Waals surface area contributed by atoms with Crippen molar-refractivity contribution in [1.29, 1.82) is 5.26 Å². The second kappa shape index (κ2) is 11.1. The maximum atomic E-state index is 13.2. The van der Waals surface area contributed by atoms with Crippen molar-refractivity contribution >= 4 is 45.6 Å². The number of amides is 1. The van der Waals surface area contributed by atoms with Gasteiger partial charge in [-0.25, -0.2) is 0 Å². The number of rotatable bonds is 7. The Morgan fingerprint density at radius 1 is 1.21 bits per heavy atom. The summed E-state index contributed by atoms with van der Waals surface area (Å²) < 4.78 is 5.71. The molecule has 3 N–H and O–H groups in total. The van der Waals surface area contributed by atoms with E-state index in [9.17, 15) is 14.9 Å². The number of aromatic nitrogens is 2. The van der Waals surface area contributed by atoms with Crippen LogP contribution in [0.5, 0.6) is 5.75 Å². The number of nitrogens with one attached hydrogen (secondary N) is 1. The predicted molar refractivity (Wildman–Crippen MR) is 147 cm³/mol. The standard InChI is InChI=1S/C27H24N6O3S2/c1-36-18-12-10-17(11-13-18)30-22(35)15-37-27-32-31-26(38-27)33-20-8-5-9-21(34)24(20)23(19(14-28)25(33)29)16-6-3-2-4-7-16/h2-4,6-7,10-13,23H,5,8-9,15,29H2,1H3,(H,30,35). The molecule has 0 saturated carbocycles. The van der Waals surface area contributed by atoms with Gasteiger partial charge in [0.1, 0.15) is 11.6 Å². The van der Waals surface area contributed by atoms with Gasteiger partial charge in [-0.2, -0.15) is 5.26 Å². The van der Waals surface area contributed by atoms with Crippen molar-refractivity contribution in [3.8, 4) is 11.8 Å². The normalized spacial score (nSPS) is 17.2. The molecule has 1 atom stereocenters. The first kappa shape index (κ1) is 25.5. The summed E-state index contributed by atoms with van der Waals surface area (Å²) in [5.41, 5.74) is 9.77. The number of nitrogens with zero attached hydrogens (tertiary/aromatic N) is 4. The third kappa shape index (κ3) is 5.01. The van der Waals surface area contributed by atoms with Gasteiger partial charge in [-0.3, -0.25) is 14.5 Å². The van der Waals surface area contributed by atoms with Gasteiger partial charge < -0.3 is 15.8 Å². The monoisotopic (exact) mass is 544 g/mol. The number of thioether (sulfide) groups is 1. The fraction of sp³-hybridized carbons (Fsp3) is 0.222. The zero-order valence-corrected chi connectivity index (χ0v) is 22.1. The van der Waals surface area contributed by atoms with Crippen molar-refractivity contribution < 1.29 is 14.3 Å². The molecule has 0 bridgehead atoms. The first-order valence-corrected chi connectivity index (χ1v) is 13.7. The van der Waals surface area contributed by atoms with Crippen LogP contribution in [0.15, 0.2) is 81.6 Å². The highest BCUT2D eigenvalue weighted by Crippen LogP contribution is 2.47. The van der Waals surface area contributed by atoms with E-state index in [-0.39, 0.29) is 23.3 Å². The Kier molecular flexibility index (Phi) is 7.44.